The third-order valence-electron chi connectivity index (χ3n) is 2.24. The van der Waals surface area contributed by atoms with Crippen LogP contribution in [0.3, 0.4) is 0 Å². The van der Waals surface area contributed by atoms with Crippen LogP contribution in [-0.4, -0.2) is 11.9 Å². The van der Waals surface area contributed by atoms with Gasteiger partial charge >= 0.3 is 0 Å². The van der Waals surface area contributed by atoms with Crippen molar-refractivity contribution in [3.63, 3.8) is 0 Å². The quantitative estimate of drug-likeness (QED) is 0.614. The van der Waals surface area contributed by atoms with Gasteiger partial charge in [-0.3, -0.25) is 4.79 Å². The Morgan fingerprint density at radius 3 is 2.85 bits per heavy atom. The number of rotatable bonds is 1. The van der Waals surface area contributed by atoms with Crippen LogP contribution in [0, 0.1) is 23.2 Å². The van der Waals surface area contributed by atoms with Gasteiger partial charge in [-0.1, -0.05) is 19.1 Å². The molecule has 13 heavy (non-hydrogen) atoms. The van der Waals surface area contributed by atoms with Crippen molar-refractivity contribution in [3.05, 3.63) is 12.2 Å². The fraction of sp³-hybridized carbons (Fsp3) is 0.600. The number of allylic oxidation sites excluding steroid dienone is 1. The molecule has 0 spiro atoms. The lowest BCUT2D eigenvalue weighted by atomic mass is 9.85. The first-order valence-corrected chi connectivity index (χ1v) is 4.48. The van der Waals surface area contributed by atoms with Gasteiger partial charge in [0.25, 0.3) is 0 Å². The lowest BCUT2D eigenvalue weighted by molar-refractivity contribution is -0.119. The average Bonchev–Trinajstić information content (AvgIpc) is 2.07. The van der Waals surface area contributed by atoms with E-state index in [1.807, 2.05) is 6.08 Å². The van der Waals surface area contributed by atoms with Crippen molar-refractivity contribution >= 4 is 5.91 Å². The van der Waals surface area contributed by atoms with Crippen molar-refractivity contribution in [1.82, 2.24) is 5.32 Å². The molecule has 3 nitrogen and oxygen atoms in total. The zero-order valence-electron chi connectivity index (χ0n) is 7.95. The molecule has 0 saturated carbocycles. The lowest BCUT2D eigenvalue weighted by Gasteiger charge is -2.25. The van der Waals surface area contributed by atoms with Crippen LogP contribution in [-0.2, 0) is 4.79 Å². The molecule has 0 aromatic heterocycles. The average molecular weight is 178 g/mol. The summed E-state index contributed by atoms with van der Waals surface area (Å²) in [4.78, 5) is 10.8. The van der Waals surface area contributed by atoms with Crippen molar-refractivity contribution in [2.24, 2.45) is 11.8 Å². The van der Waals surface area contributed by atoms with Crippen LogP contribution in [0.2, 0.25) is 0 Å². The van der Waals surface area contributed by atoms with Crippen LogP contribution >= 0.6 is 0 Å². The second-order valence-electron chi connectivity index (χ2n) is 3.56. The van der Waals surface area contributed by atoms with Crippen molar-refractivity contribution < 1.29 is 4.79 Å². The van der Waals surface area contributed by atoms with Crippen LogP contribution in [0.5, 0.6) is 0 Å². The van der Waals surface area contributed by atoms with Crippen LogP contribution in [0.1, 0.15) is 20.3 Å². The summed E-state index contributed by atoms with van der Waals surface area (Å²) in [5, 5.41) is 11.6. The highest BCUT2D eigenvalue weighted by atomic mass is 16.1. The number of nitriles is 1. The molecule has 0 bridgehead atoms. The van der Waals surface area contributed by atoms with Crippen LogP contribution in [0.25, 0.3) is 0 Å². The topological polar surface area (TPSA) is 52.9 Å². The van der Waals surface area contributed by atoms with Gasteiger partial charge in [0.15, 0.2) is 0 Å². The Morgan fingerprint density at radius 1 is 1.62 bits per heavy atom. The van der Waals surface area contributed by atoms with Gasteiger partial charge in [-0.2, -0.15) is 5.26 Å². The SMILES string of the molecule is CC(=O)N[C@@H]1C=C[C@H](C)C[C@@H]1C#N. The molecule has 0 fully saturated rings. The molecule has 1 aliphatic carbocycles. The first-order chi connectivity index (χ1) is 6.13. The van der Waals surface area contributed by atoms with Gasteiger partial charge in [0.05, 0.1) is 18.0 Å². The second-order valence-corrected chi connectivity index (χ2v) is 3.56. The van der Waals surface area contributed by atoms with Gasteiger partial charge < -0.3 is 5.32 Å². The summed E-state index contributed by atoms with van der Waals surface area (Å²) in [6, 6.07) is 2.13. The molecule has 3 heteroatoms. The highest BCUT2D eigenvalue weighted by Crippen LogP contribution is 2.22. The smallest absolute Gasteiger partial charge is 0.217 e. The standard InChI is InChI=1S/C10H14N2O/c1-7-3-4-10(12-8(2)13)9(5-7)6-11/h3-4,7,9-10H,5H2,1-2H3,(H,12,13)/t7-,9+,10+/m0/s1. The van der Waals surface area contributed by atoms with E-state index >= 15 is 0 Å². The Morgan fingerprint density at radius 2 is 2.31 bits per heavy atom. The zero-order chi connectivity index (χ0) is 9.84. The van der Waals surface area contributed by atoms with E-state index in [2.05, 4.69) is 24.4 Å². The van der Waals surface area contributed by atoms with E-state index in [0.717, 1.165) is 6.42 Å². The maximum absolute atomic E-state index is 10.8. The minimum absolute atomic E-state index is 0.0792. The predicted octanol–water partition coefficient (Wildman–Crippen LogP) is 1.23. The van der Waals surface area contributed by atoms with Crippen molar-refractivity contribution in [2.75, 3.05) is 0 Å². The van der Waals surface area contributed by atoms with E-state index in [1.54, 1.807) is 0 Å². The van der Waals surface area contributed by atoms with Crippen molar-refractivity contribution in [1.29, 1.82) is 5.26 Å². The van der Waals surface area contributed by atoms with Gasteiger partial charge in [-0.15, -0.1) is 0 Å². The molecule has 0 aromatic carbocycles. The summed E-state index contributed by atoms with van der Waals surface area (Å²) in [7, 11) is 0. The summed E-state index contributed by atoms with van der Waals surface area (Å²) < 4.78 is 0. The van der Waals surface area contributed by atoms with Crippen molar-refractivity contribution in [3.8, 4) is 6.07 Å². The van der Waals surface area contributed by atoms with E-state index in [0.29, 0.717) is 5.92 Å². The summed E-state index contributed by atoms with van der Waals surface area (Å²) in [5.41, 5.74) is 0. The van der Waals surface area contributed by atoms with Gasteiger partial charge in [0, 0.05) is 6.92 Å². The predicted molar refractivity (Wildman–Crippen MR) is 49.6 cm³/mol. The molecule has 0 heterocycles. The Kier molecular flexibility index (Phi) is 3.07. The molecule has 70 valence electrons. The first kappa shape index (κ1) is 9.79. The lowest BCUT2D eigenvalue weighted by Crippen LogP contribution is -2.39. The number of nitrogens with one attached hydrogen (secondary N) is 1. The molecule has 0 unspecified atom stereocenters. The molecule has 0 radical (unpaired) electrons. The Hall–Kier alpha value is -1.30. The second kappa shape index (κ2) is 4.08. The van der Waals surface area contributed by atoms with E-state index < -0.39 is 0 Å². The minimum atomic E-state index is -0.0984. The van der Waals surface area contributed by atoms with E-state index in [-0.39, 0.29) is 17.9 Å². The fourth-order valence-electron chi connectivity index (χ4n) is 1.59. The number of nitrogens with zero attached hydrogens (tertiary/aromatic N) is 1. The largest absolute Gasteiger partial charge is 0.349 e. The summed E-state index contributed by atoms with van der Waals surface area (Å²) >= 11 is 0. The molecule has 1 amide bonds. The molecule has 0 aliphatic heterocycles. The zero-order valence-corrected chi connectivity index (χ0v) is 7.95. The van der Waals surface area contributed by atoms with Gasteiger partial charge in [-0.05, 0) is 12.3 Å². The third-order valence-corrected chi connectivity index (χ3v) is 2.24. The third kappa shape index (κ3) is 2.59. The van der Waals surface area contributed by atoms with Crippen molar-refractivity contribution in [2.45, 2.75) is 26.3 Å². The molecule has 3 atom stereocenters. The molecule has 1 aliphatic rings. The Labute approximate surface area is 78.4 Å². The molecule has 1 rings (SSSR count). The maximum atomic E-state index is 10.8. The van der Waals surface area contributed by atoms with E-state index in [1.165, 1.54) is 6.92 Å². The molecule has 0 saturated heterocycles. The number of amides is 1. The van der Waals surface area contributed by atoms with Crippen LogP contribution in [0.15, 0.2) is 12.2 Å². The highest BCUT2D eigenvalue weighted by molar-refractivity contribution is 5.73. The highest BCUT2D eigenvalue weighted by Gasteiger charge is 2.24. The number of hydrogen-bond acceptors (Lipinski definition) is 2. The van der Waals surface area contributed by atoms with Gasteiger partial charge in [0.1, 0.15) is 0 Å². The summed E-state index contributed by atoms with van der Waals surface area (Å²) in [6.07, 6.45) is 4.80. The summed E-state index contributed by atoms with van der Waals surface area (Å²) in [5.74, 6) is 0.281. The van der Waals surface area contributed by atoms with Crippen LogP contribution in [0.4, 0.5) is 0 Å². The minimum Gasteiger partial charge on any atom is -0.349 e. The summed E-state index contributed by atoms with van der Waals surface area (Å²) in [6.45, 7) is 3.55. The molecular formula is C10H14N2O. The Bertz CT molecular complexity index is 265. The van der Waals surface area contributed by atoms with Crippen LogP contribution < -0.4 is 5.32 Å². The van der Waals surface area contributed by atoms with E-state index in [4.69, 9.17) is 5.26 Å². The number of carbonyl (C=O) groups excluding carboxylic acids is 1. The fourth-order valence-corrected chi connectivity index (χ4v) is 1.59. The number of carbonyl (C=O) groups is 1. The molecule has 0 aromatic rings. The van der Waals surface area contributed by atoms with Gasteiger partial charge in [-0.25, -0.2) is 0 Å². The monoisotopic (exact) mass is 178 g/mol. The van der Waals surface area contributed by atoms with Gasteiger partial charge in [0.2, 0.25) is 5.91 Å². The molecule has 1 N–H and O–H groups in total. The first-order valence-electron chi connectivity index (χ1n) is 4.48. The Balaban J connectivity index is 2.66. The molecular weight excluding hydrogens is 164 g/mol. The normalized spacial score (nSPS) is 32.2. The number of hydrogen-bond donors (Lipinski definition) is 1. The maximum Gasteiger partial charge on any atom is 0.217 e. The van der Waals surface area contributed by atoms with E-state index in [9.17, 15) is 4.79 Å².